The topological polar surface area (TPSA) is 20.2 Å². The maximum atomic E-state index is 13.3. The molecule has 0 aliphatic heterocycles. The van der Waals surface area contributed by atoms with Crippen molar-refractivity contribution in [2.75, 3.05) is 0 Å². The number of alkyl halides is 3. The minimum Gasteiger partial charge on any atom is -0.378 e. The third-order valence-corrected chi connectivity index (χ3v) is 3.59. The fourth-order valence-corrected chi connectivity index (χ4v) is 2.45. The van der Waals surface area contributed by atoms with Gasteiger partial charge < -0.3 is 5.11 Å². The minimum atomic E-state index is -3.28. The zero-order valence-electron chi connectivity index (χ0n) is 8.23. The molecule has 0 fully saturated rings. The summed E-state index contributed by atoms with van der Waals surface area (Å²) in [6.45, 7) is 1.82. The van der Waals surface area contributed by atoms with Crippen LogP contribution in [0.2, 0.25) is 0 Å². The van der Waals surface area contributed by atoms with Gasteiger partial charge in [-0.1, -0.05) is 23.8 Å². The van der Waals surface area contributed by atoms with Crippen molar-refractivity contribution in [2.24, 2.45) is 0 Å². The summed E-state index contributed by atoms with van der Waals surface area (Å²) in [5.41, 5.74) is -0.0219. The van der Waals surface area contributed by atoms with Crippen LogP contribution in [-0.2, 0) is 12.0 Å². The molecule has 2 rings (SSSR count). The monoisotopic (exact) mass is 276 g/mol. The van der Waals surface area contributed by atoms with E-state index in [1.807, 2.05) is 13.0 Å². The standard InChI is InChI=1S/C11H11BrF2O/c1-7-2-3-8-4-5-10(15,9(8)6-7)11(12,13)14/h2-3,6,15H,4-5H2,1H3. The van der Waals surface area contributed by atoms with Gasteiger partial charge >= 0.3 is 4.83 Å². The normalized spacial score (nSPS) is 25.4. The van der Waals surface area contributed by atoms with Crippen molar-refractivity contribution < 1.29 is 13.9 Å². The average molecular weight is 277 g/mol. The van der Waals surface area contributed by atoms with Crippen LogP contribution in [0, 0.1) is 6.92 Å². The summed E-state index contributed by atoms with van der Waals surface area (Å²) in [4.78, 5) is -3.28. The van der Waals surface area contributed by atoms with Crippen LogP contribution in [0.1, 0.15) is 23.1 Å². The molecule has 0 amide bonds. The molecule has 0 radical (unpaired) electrons. The summed E-state index contributed by atoms with van der Waals surface area (Å²) in [5.74, 6) is 0. The van der Waals surface area contributed by atoms with Crippen LogP contribution in [0.3, 0.4) is 0 Å². The average Bonchev–Trinajstić information content (AvgIpc) is 2.44. The molecule has 0 bridgehead atoms. The molecule has 4 heteroatoms. The molecular formula is C11H11BrF2O. The van der Waals surface area contributed by atoms with Crippen molar-refractivity contribution in [3.8, 4) is 0 Å². The van der Waals surface area contributed by atoms with Crippen molar-refractivity contribution >= 4 is 15.9 Å². The highest BCUT2D eigenvalue weighted by Crippen LogP contribution is 2.50. The molecule has 0 heterocycles. The Morgan fingerprint density at radius 1 is 1.47 bits per heavy atom. The molecule has 1 aliphatic rings. The Kier molecular flexibility index (Phi) is 2.39. The second-order valence-corrected chi connectivity index (χ2v) is 5.01. The van der Waals surface area contributed by atoms with Crippen molar-refractivity contribution in [1.82, 2.24) is 0 Å². The largest absolute Gasteiger partial charge is 0.378 e. The van der Waals surface area contributed by atoms with E-state index in [1.54, 1.807) is 12.1 Å². The van der Waals surface area contributed by atoms with Gasteiger partial charge in [-0.15, -0.1) is 0 Å². The second-order valence-electron chi connectivity index (χ2n) is 4.02. The number of aryl methyl sites for hydroxylation is 2. The molecule has 82 valence electrons. The number of rotatable bonds is 1. The Morgan fingerprint density at radius 2 is 2.13 bits per heavy atom. The van der Waals surface area contributed by atoms with E-state index in [-0.39, 0.29) is 6.42 Å². The third kappa shape index (κ3) is 1.60. The highest BCUT2D eigenvalue weighted by atomic mass is 79.9. The van der Waals surface area contributed by atoms with E-state index < -0.39 is 10.4 Å². The molecule has 0 saturated carbocycles. The Morgan fingerprint density at radius 3 is 2.73 bits per heavy atom. The SMILES string of the molecule is Cc1ccc2c(c1)C(O)(C(F)(F)Br)CC2. The van der Waals surface area contributed by atoms with Gasteiger partial charge in [0.05, 0.1) is 0 Å². The molecule has 1 unspecified atom stereocenters. The van der Waals surface area contributed by atoms with Crippen molar-refractivity contribution in [1.29, 1.82) is 0 Å². The van der Waals surface area contributed by atoms with E-state index in [9.17, 15) is 13.9 Å². The molecule has 1 aromatic carbocycles. The predicted molar refractivity (Wildman–Crippen MR) is 57.3 cm³/mol. The lowest BCUT2D eigenvalue weighted by atomic mass is 9.95. The van der Waals surface area contributed by atoms with Crippen molar-refractivity contribution in [3.05, 3.63) is 34.9 Å². The van der Waals surface area contributed by atoms with Gasteiger partial charge in [0.1, 0.15) is 0 Å². The van der Waals surface area contributed by atoms with Crippen LogP contribution in [-0.4, -0.2) is 9.94 Å². The van der Waals surface area contributed by atoms with Crippen molar-refractivity contribution in [3.63, 3.8) is 0 Å². The highest BCUT2D eigenvalue weighted by Gasteiger charge is 2.55. The van der Waals surface area contributed by atoms with Gasteiger partial charge in [-0.2, -0.15) is 8.78 Å². The first-order chi connectivity index (χ1) is 6.84. The summed E-state index contributed by atoms with van der Waals surface area (Å²) in [6.07, 6.45) is 0.553. The zero-order chi connectivity index (χ0) is 11.3. The number of hydrogen-bond acceptors (Lipinski definition) is 1. The fourth-order valence-electron chi connectivity index (χ4n) is 2.04. The molecular weight excluding hydrogens is 266 g/mol. The van der Waals surface area contributed by atoms with Gasteiger partial charge in [0, 0.05) is 0 Å². The van der Waals surface area contributed by atoms with E-state index >= 15 is 0 Å². The van der Waals surface area contributed by atoms with Crippen LogP contribution in [0.4, 0.5) is 8.78 Å². The van der Waals surface area contributed by atoms with E-state index in [0.29, 0.717) is 12.0 Å². The first kappa shape index (κ1) is 11.0. The fraction of sp³-hybridized carbons (Fsp3) is 0.455. The Hall–Kier alpha value is -0.480. The van der Waals surface area contributed by atoms with Gasteiger partial charge in [0.25, 0.3) is 0 Å². The van der Waals surface area contributed by atoms with Gasteiger partial charge in [0.2, 0.25) is 0 Å². The number of halogens is 3. The van der Waals surface area contributed by atoms with Crippen LogP contribution in [0.25, 0.3) is 0 Å². The summed E-state index contributed by atoms with van der Waals surface area (Å²) < 4.78 is 26.6. The van der Waals surface area contributed by atoms with E-state index in [0.717, 1.165) is 11.1 Å². The second kappa shape index (κ2) is 3.25. The van der Waals surface area contributed by atoms with Crippen molar-refractivity contribution in [2.45, 2.75) is 30.2 Å². The smallest absolute Gasteiger partial charge is 0.333 e. The quantitative estimate of drug-likeness (QED) is 0.782. The van der Waals surface area contributed by atoms with Crippen LogP contribution in [0.5, 0.6) is 0 Å². The third-order valence-electron chi connectivity index (χ3n) is 2.94. The maximum absolute atomic E-state index is 13.3. The molecule has 1 aromatic rings. The molecule has 1 nitrogen and oxygen atoms in total. The van der Waals surface area contributed by atoms with E-state index in [4.69, 9.17) is 0 Å². The first-order valence-electron chi connectivity index (χ1n) is 4.74. The molecule has 0 spiro atoms. The van der Waals surface area contributed by atoms with Crippen LogP contribution < -0.4 is 0 Å². The lowest BCUT2D eigenvalue weighted by molar-refractivity contribution is -0.120. The van der Waals surface area contributed by atoms with Gasteiger partial charge in [-0.25, -0.2) is 0 Å². The summed E-state index contributed by atoms with van der Waals surface area (Å²) in [5, 5.41) is 10.0. The highest BCUT2D eigenvalue weighted by molar-refractivity contribution is 9.10. The first-order valence-corrected chi connectivity index (χ1v) is 5.53. The van der Waals surface area contributed by atoms with Crippen LogP contribution in [0.15, 0.2) is 18.2 Å². The molecule has 0 aromatic heterocycles. The Labute approximate surface area is 95.2 Å². The molecule has 1 aliphatic carbocycles. The summed E-state index contributed by atoms with van der Waals surface area (Å²) >= 11 is 2.27. The summed E-state index contributed by atoms with van der Waals surface area (Å²) in [6, 6.07) is 5.32. The van der Waals surface area contributed by atoms with E-state index in [2.05, 4.69) is 15.9 Å². The summed E-state index contributed by atoms with van der Waals surface area (Å²) in [7, 11) is 0. The number of benzene rings is 1. The lowest BCUT2D eigenvalue weighted by Crippen LogP contribution is -2.38. The molecule has 0 saturated heterocycles. The zero-order valence-corrected chi connectivity index (χ0v) is 9.81. The Balaban J connectivity index is 2.56. The number of aliphatic hydroxyl groups is 1. The van der Waals surface area contributed by atoms with Gasteiger partial charge in [0.15, 0.2) is 5.60 Å². The van der Waals surface area contributed by atoms with Crippen LogP contribution >= 0.6 is 15.9 Å². The predicted octanol–water partition coefficient (Wildman–Crippen LogP) is 3.12. The number of fused-ring (bicyclic) bond motifs is 1. The van der Waals surface area contributed by atoms with Gasteiger partial charge in [-0.05, 0) is 46.8 Å². The Bertz CT molecular complexity index is 400. The van der Waals surface area contributed by atoms with Gasteiger partial charge in [-0.3, -0.25) is 0 Å². The number of hydrogen-bond donors (Lipinski definition) is 1. The maximum Gasteiger partial charge on any atom is 0.333 e. The minimum absolute atomic E-state index is 0.0596. The molecule has 1 N–H and O–H groups in total. The van der Waals surface area contributed by atoms with E-state index in [1.165, 1.54) is 0 Å². The molecule has 15 heavy (non-hydrogen) atoms. The lowest BCUT2D eigenvalue weighted by Gasteiger charge is -2.29. The molecule has 1 atom stereocenters.